The number of nitrogens with zero attached hydrogens (tertiary/aromatic N) is 1. The Kier molecular flexibility index (Phi) is 3.08. The summed E-state index contributed by atoms with van der Waals surface area (Å²) in [4.78, 5) is 14.4. The zero-order valence-corrected chi connectivity index (χ0v) is 11.5. The summed E-state index contributed by atoms with van der Waals surface area (Å²) in [6.45, 7) is 4.07. The Morgan fingerprint density at radius 1 is 1.17 bits per heavy atom. The topological polar surface area (TPSA) is 32.3 Å². The van der Waals surface area contributed by atoms with Crippen LogP contribution >= 0.6 is 0 Å². The van der Waals surface area contributed by atoms with Crippen LogP contribution in [0.1, 0.15) is 58.8 Å². The molecule has 1 aliphatic carbocycles. The average molecular weight is 248 g/mol. The highest BCUT2D eigenvalue weighted by Gasteiger charge is 2.42. The van der Waals surface area contributed by atoms with Crippen molar-refractivity contribution in [3.63, 3.8) is 0 Å². The van der Waals surface area contributed by atoms with E-state index in [0.717, 1.165) is 12.8 Å². The van der Waals surface area contributed by atoms with Crippen LogP contribution in [0.4, 0.5) is 4.79 Å². The van der Waals surface area contributed by atoms with Gasteiger partial charge in [-0.05, 0) is 58.8 Å². The minimum atomic E-state index is 0.162. The number of fused-ring (bicyclic) bond motifs is 2. The van der Waals surface area contributed by atoms with Gasteiger partial charge in [0.15, 0.2) is 0 Å². The molecule has 1 saturated carbocycles. The number of hydrogen-bond acceptors (Lipinski definition) is 1. The molecule has 0 aromatic carbocycles. The molecular formula is C15H24N2O. The lowest BCUT2D eigenvalue weighted by molar-refractivity contribution is 0.158. The number of piperidine rings is 1. The maximum Gasteiger partial charge on any atom is 0.318 e. The quantitative estimate of drug-likeness (QED) is 0.710. The van der Waals surface area contributed by atoms with Crippen LogP contribution < -0.4 is 5.32 Å². The van der Waals surface area contributed by atoms with E-state index in [1.165, 1.54) is 32.1 Å². The van der Waals surface area contributed by atoms with Crippen LogP contribution in [0.2, 0.25) is 0 Å². The van der Waals surface area contributed by atoms with Gasteiger partial charge in [0, 0.05) is 18.1 Å². The molecule has 100 valence electrons. The molecule has 0 aromatic rings. The standard InChI is InChI=1S/C15H24N2O/c1-10(2)16-15(18)17-13-6-7-14(17)9-12(8-13)11-4-3-5-11/h10,13-14H,3-9H2,1-2H3,(H,16,18). The van der Waals surface area contributed by atoms with Crippen molar-refractivity contribution in [2.75, 3.05) is 0 Å². The second kappa shape index (κ2) is 4.60. The number of carbonyl (C=O) groups is 1. The average Bonchev–Trinajstić information content (AvgIpc) is 2.47. The van der Waals surface area contributed by atoms with Crippen LogP contribution in [-0.2, 0) is 0 Å². The number of allylic oxidation sites excluding steroid dienone is 1. The molecule has 0 aromatic heterocycles. The summed E-state index contributed by atoms with van der Waals surface area (Å²) in [5, 5.41) is 3.06. The Bertz CT molecular complexity index is 364. The third-order valence-corrected chi connectivity index (χ3v) is 4.69. The molecular weight excluding hydrogens is 224 g/mol. The highest BCUT2D eigenvalue weighted by molar-refractivity contribution is 5.76. The molecule has 3 aliphatic rings. The van der Waals surface area contributed by atoms with Gasteiger partial charge in [-0.15, -0.1) is 0 Å². The molecule has 2 bridgehead atoms. The summed E-state index contributed by atoms with van der Waals surface area (Å²) in [5.74, 6) is 0. The third kappa shape index (κ3) is 2.04. The molecule has 0 radical (unpaired) electrons. The molecule has 0 spiro atoms. The van der Waals surface area contributed by atoms with Crippen molar-refractivity contribution >= 4 is 6.03 Å². The van der Waals surface area contributed by atoms with Crippen LogP contribution in [0.5, 0.6) is 0 Å². The number of nitrogens with one attached hydrogen (secondary N) is 1. The normalized spacial score (nSPS) is 30.7. The Hall–Kier alpha value is -0.990. The Morgan fingerprint density at radius 2 is 1.78 bits per heavy atom. The van der Waals surface area contributed by atoms with Gasteiger partial charge in [0.1, 0.15) is 0 Å². The number of amides is 2. The first-order valence-electron chi connectivity index (χ1n) is 7.43. The Labute approximate surface area is 110 Å². The van der Waals surface area contributed by atoms with E-state index in [4.69, 9.17) is 0 Å². The molecule has 3 nitrogen and oxygen atoms in total. The minimum Gasteiger partial charge on any atom is -0.336 e. The summed E-state index contributed by atoms with van der Waals surface area (Å²) in [6, 6.07) is 1.36. The van der Waals surface area contributed by atoms with Crippen molar-refractivity contribution in [1.29, 1.82) is 0 Å². The van der Waals surface area contributed by atoms with Gasteiger partial charge in [-0.2, -0.15) is 0 Å². The van der Waals surface area contributed by atoms with Gasteiger partial charge in [-0.25, -0.2) is 4.79 Å². The first-order valence-corrected chi connectivity index (χ1v) is 7.43. The second-order valence-corrected chi connectivity index (χ2v) is 6.37. The monoisotopic (exact) mass is 248 g/mol. The summed E-state index contributed by atoms with van der Waals surface area (Å²) in [6.07, 6.45) is 8.74. The molecule has 2 unspecified atom stereocenters. The fraction of sp³-hybridized carbons (Fsp3) is 0.800. The first-order chi connectivity index (χ1) is 8.65. The van der Waals surface area contributed by atoms with E-state index in [2.05, 4.69) is 10.2 Å². The van der Waals surface area contributed by atoms with Crippen LogP contribution in [-0.4, -0.2) is 29.1 Å². The van der Waals surface area contributed by atoms with Crippen molar-refractivity contribution < 1.29 is 4.79 Å². The van der Waals surface area contributed by atoms with Crippen molar-refractivity contribution in [3.8, 4) is 0 Å². The van der Waals surface area contributed by atoms with E-state index in [1.807, 2.05) is 13.8 Å². The maximum absolute atomic E-state index is 12.2. The summed E-state index contributed by atoms with van der Waals surface area (Å²) in [5.41, 5.74) is 3.41. The SMILES string of the molecule is CC(C)NC(=O)N1C2CCC1CC(=C1CCC1)C2. The van der Waals surface area contributed by atoms with Gasteiger partial charge in [0.25, 0.3) is 0 Å². The Morgan fingerprint density at radius 3 is 2.22 bits per heavy atom. The predicted octanol–water partition coefficient (Wildman–Crippen LogP) is 3.21. The van der Waals surface area contributed by atoms with E-state index in [9.17, 15) is 4.79 Å². The van der Waals surface area contributed by atoms with E-state index >= 15 is 0 Å². The van der Waals surface area contributed by atoms with Gasteiger partial charge in [-0.1, -0.05) is 11.1 Å². The molecule has 2 saturated heterocycles. The fourth-order valence-corrected chi connectivity index (χ4v) is 3.66. The number of hydrogen-bond donors (Lipinski definition) is 1. The van der Waals surface area contributed by atoms with Crippen LogP contribution in [0.25, 0.3) is 0 Å². The largest absolute Gasteiger partial charge is 0.336 e. The van der Waals surface area contributed by atoms with Crippen molar-refractivity contribution in [3.05, 3.63) is 11.1 Å². The summed E-state index contributed by atoms with van der Waals surface area (Å²) in [7, 11) is 0. The first kappa shape index (κ1) is 12.1. The smallest absolute Gasteiger partial charge is 0.318 e. The number of urea groups is 1. The number of rotatable bonds is 1. The van der Waals surface area contributed by atoms with Crippen LogP contribution in [0, 0.1) is 0 Å². The van der Waals surface area contributed by atoms with Gasteiger partial charge in [-0.3, -0.25) is 0 Å². The highest BCUT2D eigenvalue weighted by Crippen LogP contribution is 2.43. The minimum absolute atomic E-state index is 0.162. The van der Waals surface area contributed by atoms with E-state index in [-0.39, 0.29) is 12.1 Å². The van der Waals surface area contributed by atoms with E-state index in [1.54, 1.807) is 11.1 Å². The highest BCUT2D eigenvalue weighted by atomic mass is 16.2. The summed E-state index contributed by atoms with van der Waals surface area (Å²) < 4.78 is 0. The van der Waals surface area contributed by atoms with Crippen molar-refractivity contribution in [2.24, 2.45) is 0 Å². The van der Waals surface area contributed by atoms with Crippen LogP contribution in [0.3, 0.4) is 0 Å². The zero-order valence-electron chi connectivity index (χ0n) is 11.5. The van der Waals surface area contributed by atoms with Gasteiger partial charge in [0.05, 0.1) is 0 Å². The lowest BCUT2D eigenvalue weighted by Gasteiger charge is -2.38. The van der Waals surface area contributed by atoms with Gasteiger partial charge >= 0.3 is 6.03 Å². The third-order valence-electron chi connectivity index (χ3n) is 4.69. The maximum atomic E-state index is 12.2. The second-order valence-electron chi connectivity index (χ2n) is 6.37. The molecule has 2 aliphatic heterocycles. The van der Waals surface area contributed by atoms with E-state index in [0.29, 0.717) is 12.1 Å². The van der Waals surface area contributed by atoms with Crippen molar-refractivity contribution in [1.82, 2.24) is 10.2 Å². The molecule has 3 rings (SSSR count). The van der Waals surface area contributed by atoms with Gasteiger partial charge < -0.3 is 10.2 Å². The lowest BCUT2D eigenvalue weighted by atomic mass is 9.82. The molecule has 3 fully saturated rings. The molecule has 2 heterocycles. The Balaban J connectivity index is 1.71. The van der Waals surface area contributed by atoms with Crippen LogP contribution in [0.15, 0.2) is 11.1 Å². The predicted molar refractivity (Wildman–Crippen MR) is 72.4 cm³/mol. The molecule has 2 amide bonds. The molecule has 3 heteroatoms. The summed E-state index contributed by atoms with van der Waals surface area (Å²) >= 11 is 0. The zero-order chi connectivity index (χ0) is 12.7. The fourth-order valence-electron chi connectivity index (χ4n) is 3.66. The van der Waals surface area contributed by atoms with Gasteiger partial charge in [0.2, 0.25) is 0 Å². The molecule has 2 atom stereocenters. The van der Waals surface area contributed by atoms with E-state index < -0.39 is 0 Å². The van der Waals surface area contributed by atoms with Crippen molar-refractivity contribution in [2.45, 2.75) is 76.9 Å². The molecule has 1 N–H and O–H groups in total. The lowest BCUT2D eigenvalue weighted by Crippen LogP contribution is -2.51. The number of carbonyl (C=O) groups excluding carboxylic acids is 1. The molecule has 18 heavy (non-hydrogen) atoms.